The predicted octanol–water partition coefficient (Wildman–Crippen LogP) is 4.30. The predicted molar refractivity (Wildman–Crippen MR) is 96.6 cm³/mol. The highest BCUT2D eigenvalue weighted by molar-refractivity contribution is 6.43. The lowest BCUT2D eigenvalue weighted by Crippen LogP contribution is -2.22. The number of rotatable bonds is 5. The van der Waals surface area contributed by atoms with Crippen molar-refractivity contribution >= 4 is 17.8 Å². The van der Waals surface area contributed by atoms with Gasteiger partial charge in [0.15, 0.2) is 5.71 Å². The van der Waals surface area contributed by atoms with E-state index in [0.717, 1.165) is 23.1 Å². The molecule has 0 heterocycles. The van der Waals surface area contributed by atoms with Crippen molar-refractivity contribution in [2.45, 2.75) is 26.7 Å². The van der Waals surface area contributed by atoms with Gasteiger partial charge in [-0.3, -0.25) is 0 Å². The zero-order valence-electron chi connectivity index (χ0n) is 14.6. The third-order valence-corrected chi connectivity index (χ3v) is 4.14. The summed E-state index contributed by atoms with van der Waals surface area (Å²) in [7, 11) is 2.78. The molecule has 0 atom stereocenters. The topological polar surface area (TPSA) is 47.9 Å². The van der Waals surface area contributed by atoms with Crippen molar-refractivity contribution in [2.75, 3.05) is 14.2 Å². The Hall–Kier alpha value is -2.62. The van der Waals surface area contributed by atoms with Gasteiger partial charge in [0.05, 0.1) is 7.11 Å². The summed E-state index contributed by atoms with van der Waals surface area (Å²) in [5.74, 6) is -0.482. The van der Waals surface area contributed by atoms with Crippen LogP contribution >= 0.6 is 0 Å². The minimum atomic E-state index is -0.482. The molecule has 0 radical (unpaired) electrons. The van der Waals surface area contributed by atoms with Crippen LogP contribution in [-0.4, -0.2) is 25.9 Å². The maximum atomic E-state index is 12.1. The Morgan fingerprint density at radius 3 is 2.33 bits per heavy atom. The van der Waals surface area contributed by atoms with Gasteiger partial charge in [-0.05, 0) is 43.4 Å². The Morgan fingerprint density at radius 2 is 1.71 bits per heavy atom. The van der Waals surface area contributed by atoms with Gasteiger partial charge < -0.3 is 9.57 Å². The molecule has 0 bridgehead atoms. The number of nitrogens with zero attached hydrogens (tertiary/aromatic N) is 1. The third kappa shape index (κ3) is 4.22. The zero-order valence-corrected chi connectivity index (χ0v) is 14.6. The summed E-state index contributed by atoms with van der Waals surface area (Å²) < 4.78 is 4.87. The molecule has 0 aromatic heterocycles. The second-order valence-electron chi connectivity index (χ2n) is 5.78. The Balaban J connectivity index is 2.44. The number of esters is 1. The van der Waals surface area contributed by atoms with E-state index in [1.165, 1.54) is 25.4 Å². The average Bonchev–Trinajstić information content (AvgIpc) is 2.60. The molecule has 0 saturated heterocycles. The molecule has 126 valence electrons. The normalized spacial score (nSPS) is 15.9. The molecule has 1 aliphatic rings. The fourth-order valence-electron chi connectivity index (χ4n) is 2.63. The highest BCUT2D eigenvalue weighted by Crippen LogP contribution is 2.32. The van der Waals surface area contributed by atoms with E-state index in [-0.39, 0.29) is 5.71 Å². The monoisotopic (exact) mass is 325 g/mol. The number of hydrogen-bond donors (Lipinski definition) is 0. The molecule has 1 aromatic carbocycles. The third-order valence-electron chi connectivity index (χ3n) is 4.14. The SMILES string of the molecule is CO/N=C(\C(=O)OC)C1=C(/C=C\c2ccccc2)CC(C)=C(C)C1. The number of hydrogen-bond acceptors (Lipinski definition) is 4. The van der Waals surface area contributed by atoms with Crippen molar-refractivity contribution in [3.63, 3.8) is 0 Å². The lowest BCUT2D eigenvalue weighted by Gasteiger charge is -2.21. The summed E-state index contributed by atoms with van der Waals surface area (Å²) in [5.41, 5.74) is 5.82. The van der Waals surface area contributed by atoms with Crippen LogP contribution in [0.3, 0.4) is 0 Å². The smallest absolute Gasteiger partial charge is 0.360 e. The molecule has 0 spiro atoms. The summed E-state index contributed by atoms with van der Waals surface area (Å²) in [6.07, 6.45) is 5.54. The van der Waals surface area contributed by atoms with E-state index in [2.05, 4.69) is 25.1 Å². The lowest BCUT2D eigenvalue weighted by atomic mass is 9.84. The van der Waals surface area contributed by atoms with E-state index in [1.807, 2.05) is 36.4 Å². The van der Waals surface area contributed by atoms with Crippen LogP contribution in [0.4, 0.5) is 0 Å². The molecular formula is C20H23NO3. The Morgan fingerprint density at radius 1 is 1.04 bits per heavy atom. The van der Waals surface area contributed by atoms with Gasteiger partial charge in [0.1, 0.15) is 7.11 Å². The summed E-state index contributed by atoms with van der Waals surface area (Å²) in [4.78, 5) is 17.0. The summed E-state index contributed by atoms with van der Waals surface area (Å²) in [6, 6.07) is 10.1. The molecule has 0 N–H and O–H groups in total. The van der Waals surface area contributed by atoms with Crippen LogP contribution in [-0.2, 0) is 14.4 Å². The van der Waals surface area contributed by atoms with E-state index in [0.29, 0.717) is 6.42 Å². The maximum Gasteiger partial charge on any atom is 0.360 e. The van der Waals surface area contributed by atoms with Crippen LogP contribution in [0.2, 0.25) is 0 Å². The number of allylic oxidation sites excluding steroid dienone is 4. The van der Waals surface area contributed by atoms with Gasteiger partial charge in [0.25, 0.3) is 0 Å². The molecule has 1 aliphatic carbocycles. The van der Waals surface area contributed by atoms with E-state index in [4.69, 9.17) is 9.57 Å². The Kier molecular flexibility index (Phi) is 6.13. The van der Waals surface area contributed by atoms with Crippen molar-refractivity contribution in [1.82, 2.24) is 0 Å². The van der Waals surface area contributed by atoms with Gasteiger partial charge >= 0.3 is 5.97 Å². The van der Waals surface area contributed by atoms with Gasteiger partial charge in [-0.2, -0.15) is 0 Å². The van der Waals surface area contributed by atoms with Gasteiger partial charge in [0.2, 0.25) is 0 Å². The van der Waals surface area contributed by atoms with Crippen LogP contribution in [0, 0.1) is 0 Å². The molecule has 4 nitrogen and oxygen atoms in total. The van der Waals surface area contributed by atoms with Gasteiger partial charge in [-0.25, -0.2) is 4.79 Å². The van der Waals surface area contributed by atoms with Crippen molar-refractivity contribution in [3.8, 4) is 0 Å². The van der Waals surface area contributed by atoms with E-state index < -0.39 is 5.97 Å². The molecule has 0 aliphatic heterocycles. The minimum absolute atomic E-state index is 0.236. The average molecular weight is 325 g/mol. The van der Waals surface area contributed by atoms with Gasteiger partial charge in [0, 0.05) is 0 Å². The molecule has 1 aromatic rings. The summed E-state index contributed by atoms with van der Waals surface area (Å²) in [6.45, 7) is 4.20. The largest absolute Gasteiger partial charge is 0.464 e. The molecule has 24 heavy (non-hydrogen) atoms. The molecule has 0 saturated carbocycles. The number of benzene rings is 1. The van der Waals surface area contributed by atoms with Crippen molar-refractivity contribution < 1.29 is 14.4 Å². The fraction of sp³-hybridized carbons (Fsp3) is 0.300. The van der Waals surface area contributed by atoms with Crippen LogP contribution in [0.15, 0.2) is 63.9 Å². The van der Waals surface area contributed by atoms with E-state index in [9.17, 15) is 4.79 Å². The first-order valence-electron chi connectivity index (χ1n) is 7.87. The van der Waals surface area contributed by atoms with Crippen LogP contribution in [0.25, 0.3) is 6.08 Å². The summed E-state index contributed by atoms with van der Waals surface area (Å²) >= 11 is 0. The van der Waals surface area contributed by atoms with Crippen LogP contribution in [0.5, 0.6) is 0 Å². The highest BCUT2D eigenvalue weighted by atomic mass is 16.6. The maximum absolute atomic E-state index is 12.1. The first-order chi connectivity index (χ1) is 11.6. The van der Waals surface area contributed by atoms with E-state index >= 15 is 0 Å². The number of carbonyl (C=O) groups is 1. The minimum Gasteiger partial charge on any atom is -0.464 e. The van der Waals surface area contributed by atoms with Crippen LogP contribution in [0.1, 0.15) is 32.3 Å². The first kappa shape index (κ1) is 17.7. The van der Waals surface area contributed by atoms with Gasteiger partial charge in [-0.1, -0.05) is 58.8 Å². The molecule has 4 heteroatoms. The van der Waals surface area contributed by atoms with Crippen molar-refractivity contribution in [2.24, 2.45) is 5.16 Å². The van der Waals surface area contributed by atoms with Crippen molar-refractivity contribution in [1.29, 1.82) is 0 Å². The Bertz CT molecular complexity index is 725. The molecule has 0 unspecified atom stereocenters. The summed E-state index contributed by atoms with van der Waals surface area (Å²) in [5, 5.41) is 3.91. The second-order valence-corrected chi connectivity index (χ2v) is 5.78. The first-order valence-corrected chi connectivity index (χ1v) is 7.87. The molecular weight excluding hydrogens is 302 g/mol. The van der Waals surface area contributed by atoms with Crippen molar-refractivity contribution in [3.05, 3.63) is 64.3 Å². The fourth-order valence-corrected chi connectivity index (χ4v) is 2.63. The van der Waals surface area contributed by atoms with Gasteiger partial charge in [-0.15, -0.1) is 0 Å². The lowest BCUT2D eigenvalue weighted by molar-refractivity contribution is -0.132. The molecule has 0 fully saturated rings. The molecule has 0 amide bonds. The quantitative estimate of drug-likeness (QED) is 0.351. The highest BCUT2D eigenvalue weighted by Gasteiger charge is 2.25. The number of carbonyl (C=O) groups excluding carboxylic acids is 1. The number of ether oxygens (including phenoxy) is 1. The van der Waals surface area contributed by atoms with Crippen LogP contribution < -0.4 is 0 Å². The number of methoxy groups -OCH3 is 1. The number of oxime groups is 1. The second kappa shape index (κ2) is 8.29. The van der Waals surface area contributed by atoms with E-state index in [1.54, 1.807) is 0 Å². The molecule has 2 rings (SSSR count). The Labute approximate surface area is 143 Å². The standard InChI is InChI=1S/C20H23NO3/c1-14-12-17(11-10-16-8-6-5-7-9-16)18(13-15(14)2)19(21-24-4)20(22)23-3/h5-11H,12-13H2,1-4H3/b11-10-,21-19-. The zero-order chi connectivity index (χ0) is 17.5.